The van der Waals surface area contributed by atoms with E-state index in [1.165, 1.54) is 13.3 Å². The van der Waals surface area contributed by atoms with Crippen LogP contribution in [-0.4, -0.2) is 30.0 Å². The summed E-state index contributed by atoms with van der Waals surface area (Å²) in [6.07, 6.45) is 1.50. The Hall–Kier alpha value is -3.61. The predicted octanol–water partition coefficient (Wildman–Crippen LogP) is 3.99. The summed E-state index contributed by atoms with van der Waals surface area (Å²) in [5.74, 6) is 1.22. The molecule has 0 unspecified atom stereocenters. The fourth-order valence-electron chi connectivity index (χ4n) is 2.51. The van der Waals surface area contributed by atoms with Gasteiger partial charge < -0.3 is 20.9 Å². The Labute approximate surface area is 158 Å². The Kier molecular flexibility index (Phi) is 5.51. The molecule has 1 amide bonds. The maximum atomic E-state index is 11.2. The molecule has 1 heterocycles. The summed E-state index contributed by atoms with van der Waals surface area (Å²) in [4.78, 5) is 21.8. The number of hydrogen-bond donors (Lipinski definition) is 3. The summed E-state index contributed by atoms with van der Waals surface area (Å²) < 4.78 is 0. The van der Waals surface area contributed by atoms with Crippen molar-refractivity contribution in [1.82, 2.24) is 9.97 Å². The number of anilines is 6. The highest BCUT2D eigenvalue weighted by atomic mass is 16.1. The van der Waals surface area contributed by atoms with E-state index >= 15 is 0 Å². The zero-order chi connectivity index (χ0) is 19.2. The Morgan fingerprint density at radius 1 is 0.852 bits per heavy atom. The topological polar surface area (TPSA) is 82.2 Å². The van der Waals surface area contributed by atoms with E-state index in [4.69, 9.17) is 0 Å². The van der Waals surface area contributed by atoms with Crippen LogP contribution in [0.4, 0.5) is 34.4 Å². The summed E-state index contributed by atoms with van der Waals surface area (Å²) in [7, 11) is 4.01. The predicted molar refractivity (Wildman–Crippen MR) is 110 cm³/mol. The van der Waals surface area contributed by atoms with Crippen molar-refractivity contribution in [2.45, 2.75) is 6.92 Å². The lowest BCUT2D eigenvalue weighted by Crippen LogP contribution is -2.08. The minimum atomic E-state index is -0.110. The highest BCUT2D eigenvalue weighted by Crippen LogP contribution is 2.22. The largest absolute Gasteiger partial charge is 0.378 e. The molecular formula is C20H22N6O. The highest BCUT2D eigenvalue weighted by molar-refractivity contribution is 5.89. The Morgan fingerprint density at radius 2 is 1.48 bits per heavy atom. The Morgan fingerprint density at radius 3 is 2.11 bits per heavy atom. The molecule has 0 bridgehead atoms. The Bertz CT molecular complexity index is 924. The fourth-order valence-corrected chi connectivity index (χ4v) is 2.51. The third kappa shape index (κ3) is 5.18. The van der Waals surface area contributed by atoms with Gasteiger partial charge in [0.15, 0.2) is 0 Å². The molecule has 3 N–H and O–H groups in total. The van der Waals surface area contributed by atoms with Crippen LogP contribution >= 0.6 is 0 Å². The third-order valence-electron chi connectivity index (χ3n) is 3.78. The van der Waals surface area contributed by atoms with Crippen molar-refractivity contribution < 1.29 is 4.79 Å². The maximum absolute atomic E-state index is 11.2. The van der Waals surface area contributed by atoms with Crippen LogP contribution in [0.2, 0.25) is 0 Å². The van der Waals surface area contributed by atoms with E-state index in [-0.39, 0.29) is 5.91 Å². The molecule has 27 heavy (non-hydrogen) atoms. The number of rotatable bonds is 6. The lowest BCUT2D eigenvalue weighted by molar-refractivity contribution is -0.114. The van der Waals surface area contributed by atoms with Crippen molar-refractivity contribution in [3.8, 4) is 0 Å². The van der Waals surface area contributed by atoms with Crippen molar-refractivity contribution in [3.63, 3.8) is 0 Å². The van der Waals surface area contributed by atoms with Gasteiger partial charge in [0.2, 0.25) is 5.91 Å². The van der Waals surface area contributed by atoms with Crippen LogP contribution in [0.1, 0.15) is 6.92 Å². The molecule has 138 valence electrons. The molecule has 7 heteroatoms. The molecule has 0 aliphatic carbocycles. The number of nitrogens with one attached hydrogen (secondary N) is 3. The van der Waals surface area contributed by atoms with Crippen molar-refractivity contribution in [2.24, 2.45) is 0 Å². The molecule has 0 atom stereocenters. The maximum Gasteiger partial charge on any atom is 0.221 e. The number of carbonyl (C=O) groups is 1. The van der Waals surface area contributed by atoms with Gasteiger partial charge in [-0.2, -0.15) is 0 Å². The van der Waals surface area contributed by atoms with Gasteiger partial charge in [-0.15, -0.1) is 0 Å². The van der Waals surface area contributed by atoms with Crippen LogP contribution in [0.5, 0.6) is 0 Å². The van der Waals surface area contributed by atoms with Gasteiger partial charge >= 0.3 is 0 Å². The minimum Gasteiger partial charge on any atom is -0.378 e. The van der Waals surface area contributed by atoms with E-state index in [1.807, 2.05) is 73.6 Å². The quantitative estimate of drug-likeness (QED) is 0.615. The second-order valence-corrected chi connectivity index (χ2v) is 6.24. The van der Waals surface area contributed by atoms with Gasteiger partial charge in [-0.05, 0) is 42.5 Å². The molecule has 0 radical (unpaired) electrons. The molecule has 0 spiro atoms. The van der Waals surface area contributed by atoms with Crippen molar-refractivity contribution in [3.05, 3.63) is 60.9 Å². The molecule has 0 fully saturated rings. The first-order valence-electron chi connectivity index (χ1n) is 8.51. The monoisotopic (exact) mass is 362 g/mol. The molecule has 1 aromatic heterocycles. The van der Waals surface area contributed by atoms with Crippen LogP contribution < -0.4 is 20.9 Å². The second-order valence-electron chi connectivity index (χ2n) is 6.24. The average molecular weight is 362 g/mol. The molecular weight excluding hydrogens is 340 g/mol. The minimum absolute atomic E-state index is 0.110. The van der Waals surface area contributed by atoms with E-state index in [0.29, 0.717) is 11.6 Å². The summed E-state index contributed by atoms with van der Waals surface area (Å²) in [6, 6.07) is 17.3. The fraction of sp³-hybridized carbons (Fsp3) is 0.150. The molecule has 3 aromatic rings. The third-order valence-corrected chi connectivity index (χ3v) is 3.78. The van der Waals surface area contributed by atoms with Crippen LogP contribution in [0.25, 0.3) is 0 Å². The highest BCUT2D eigenvalue weighted by Gasteiger charge is 2.03. The molecule has 0 aliphatic rings. The van der Waals surface area contributed by atoms with Gasteiger partial charge in [0.25, 0.3) is 0 Å². The number of aromatic nitrogens is 2. The first-order valence-corrected chi connectivity index (χ1v) is 8.51. The van der Waals surface area contributed by atoms with E-state index in [2.05, 4.69) is 25.9 Å². The second kappa shape index (κ2) is 8.18. The first kappa shape index (κ1) is 18.2. The van der Waals surface area contributed by atoms with Crippen LogP contribution in [0.15, 0.2) is 60.9 Å². The number of carbonyl (C=O) groups excluding carboxylic acids is 1. The lowest BCUT2D eigenvalue weighted by atomic mass is 10.2. The molecule has 0 saturated heterocycles. The number of amides is 1. The normalized spacial score (nSPS) is 10.2. The molecule has 7 nitrogen and oxygen atoms in total. The molecule has 0 saturated carbocycles. The van der Waals surface area contributed by atoms with Gasteiger partial charge in [0, 0.05) is 49.8 Å². The van der Waals surface area contributed by atoms with Gasteiger partial charge in [0.05, 0.1) is 0 Å². The summed E-state index contributed by atoms with van der Waals surface area (Å²) in [5.41, 5.74) is 3.62. The van der Waals surface area contributed by atoms with Gasteiger partial charge in [-0.25, -0.2) is 9.97 Å². The SMILES string of the molecule is CC(=O)Nc1cccc(Nc2cc(Nc3ccc(N(C)C)cc3)ncn2)c1. The van der Waals surface area contributed by atoms with Gasteiger partial charge in [0.1, 0.15) is 18.0 Å². The summed E-state index contributed by atoms with van der Waals surface area (Å²) >= 11 is 0. The van der Waals surface area contributed by atoms with Crippen molar-refractivity contribution in [1.29, 1.82) is 0 Å². The van der Waals surface area contributed by atoms with Crippen LogP contribution in [0, 0.1) is 0 Å². The van der Waals surface area contributed by atoms with E-state index < -0.39 is 0 Å². The number of hydrogen-bond acceptors (Lipinski definition) is 6. The van der Waals surface area contributed by atoms with Crippen molar-refractivity contribution >= 4 is 40.3 Å². The lowest BCUT2D eigenvalue weighted by Gasteiger charge is -2.13. The summed E-state index contributed by atoms with van der Waals surface area (Å²) in [5, 5.41) is 9.25. The van der Waals surface area contributed by atoms with Gasteiger partial charge in [-0.3, -0.25) is 4.79 Å². The number of benzene rings is 2. The van der Waals surface area contributed by atoms with Gasteiger partial charge in [-0.1, -0.05) is 6.07 Å². The standard InChI is InChI=1S/C20H22N6O/c1-14(27)23-16-5-4-6-17(11-16)25-20-12-19(21-13-22-20)24-15-7-9-18(10-8-15)26(2)3/h4-13H,1-3H3,(H,23,27)(H2,21,22,24,25). The van der Waals surface area contributed by atoms with E-state index in [9.17, 15) is 4.79 Å². The van der Waals surface area contributed by atoms with Crippen LogP contribution in [-0.2, 0) is 4.79 Å². The molecule has 0 aliphatic heterocycles. The van der Waals surface area contributed by atoms with E-state index in [1.54, 1.807) is 0 Å². The first-order chi connectivity index (χ1) is 13.0. The van der Waals surface area contributed by atoms with E-state index in [0.717, 1.165) is 22.7 Å². The van der Waals surface area contributed by atoms with Crippen LogP contribution in [0.3, 0.4) is 0 Å². The smallest absolute Gasteiger partial charge is 0.221 e. The summed E-state index contributed by atoms with van der Waals surface area (Å²) in [6.45, 7) is 1.48. The number of nitrogens with zero attached hydrogens (tertiary/aromatic N) is 3. The zero-order valence-electron chi connectivity index (χ0n) is 15.5. The molecule has 3 rings (SSSR count). The van der Waals surface area contributed by atoms with Crippen molar-refractivity contribution in [2.75, 3.05) is 34.9 Å². The molecule has 2 aromatic carbocycles. The zero-order valence-corrected chi connectivity index (χ0v) is 15.5. The Balaban J connectivity index is 1.71. The average Bonchev–Trinajstić information content (AvgIpc) is 2.62.